The first-order valence-electron chi connectivity index (χ1n) is 6.95. The molecule has 6 heteroatoms. The maximum Gasteiger partial charge on any atom is 0.307 e. The smallest absolute Gasteiger partial charge is 0.307 e. The van der Waals surface area contributed by atoms with E-state index >= 15 is 0 Å². The van der Waals surface area contributed by atoms with Crippen LogP contribution in [0.2, 0.25) is 0 Å². The molecule has 0 aromatic carbocycles. The Labute approximate surface area is 118 Å². The summed E-state index contributed by atoms with van der Waals surface area (Å²) in [5.41, 5.74) is 0.811. The zero-order valence-corrected chi connectivity index (χ0v) is 12.0. The van der Waals surface area contributed by atoms with Gasteiger partial charge in [0.15, 0.2) is 0 Å². The molecule has 1 N–H and O–H groups in total. The minimum Gasteiger partial charge on any atom is -0.481 e. The number of carboxylic acid groups (broad SMARTS) is 1. The molecule has 20 heavy (non-hydrogen) atoms. The molecule has 0 aliphatic heterocycles. The Kier molecular flexibility index (Phi) is 4.42. The summed E-state index contributed by atoms with van der Waals surface area (Å²) in [5, 5.41) is 13.5. The lowest BCUT2D eigenvalue weighted by Gasteiger charge is -2.30. The highest BCUT2D eigenvalue weighted by Crippen LogP contribution is 2.31. The van der Waals surface area contributed by atoms with E-state index in [4.69, 9.17) is 0 Å². The van der Waals surface area contributed by atoms with Crippen molar-refractivity contribution < 1.29 is 14.7 Å². The van der Waals surface area contributed by atoms with Crippen LogP contribution in [0.3, 0.4) is 0 Å². The lowest BCUT2D eigenvalue weighted by molar-refractivity contribution is -0.152. The number of amides is 1. The molecular formula is C14H21N3O3. The second-order valence-electron chi connectivity index (χ2n) is 5.51. The molecule has 2 rings (SSSR count). The molecule has 6 nitrogen and oxygen atoms in total. The predicted molar refractivity (Wildman–Crippen MR) is 72.8 cm³/mol. The maximum absolute atomic E-state index is 12.5. The minimum atomic E-state index is -0.853. The van der Waals surface area contributed by atoms with Gasteiger partial charge in [0.1, 0.15) is 0 Å². The first-order valence-corrected chi connectivity index (χ1v) is 6.95. The van der Waals surface area contributed by atoms with Gasteiger partial charge in [-0.1, -0.05) is 12.8 Å². The van der Waals surface area contributed by atoms with Crippen LogP contribution in [-0.4, -0.2) is 38.7 Å². The molecule has 0 spiro atoms. The number of aromatic nitrogens is 2. The van der Waals surface area contributed by atoms with E-state index in [-0.39, 0.29) is 5.91 Å². The first-order chi connectivity index (χ1) is 9.49. The van der Waals surface area contributed by atoms with Crippen molar-refractivity contribution in [3.63, 3.8) is 0 Å². The van der Waals surface area contributed by atoms with Gasteiger partial charge >= 0.3 is 5.97 Å². The highest BCUT2D eigenvalue weighted by Gasteiger charge is 2.37. The number of rotatable bonds is 4. The van der Waals surface area contributed by atoms with Crippen molar-refractivity contribution >= 4 is 11.9 Å². The van der Waals surface area contributed by atoms with E-state index in [1.54, 1.807) is 16.6 Å². The van der Waals surface area contributed by atoms with E-state index in [0.29, 0.717) is 19.4 Å². The van der Waals surface area contributed by atoms with Crippen LogP contribution in [0.1, 0.15) is 31.4 Å². The standard InChI is InChI=1S/C14H21N3O3/c1-16(9-10-7-8-17(2)15-10)13(18)11-5-3-4-6-12(11)14(19)20/h7-8,11-12H,3-6,9H2,1-2H3,(H,19,20)/t11-,12-/m1/s1. The average Bonchev–Trinajstić information content (AvgIpc) is 2.83. The average molecular weight is 279 g/mol. The molecular weight excluding hydrogens is 258 g/mol. The summed E-state index contributed by atoms with van der Waals surface area (Å²) in [6, 6.07) is 1.86. The number of nitrogens with zero attached hydrogens (tertiary/aromatic N) is 3. The molecule has 1 amide bonds. The van der Waals surface area contributed by atoms with Crippen molar-refractivity contribution in [1.82, 2.24) is 14.7 Å². The third-order valence-corrected chi connectivity index (χ3v) is 3.94. The van der Waals surface area contributed by atoms with Crippen LogP contribution in [0.4, 0.5) is 0 Å². The van der Waals surface area contributed by atoms with Crippen LogP contribution in [0.15, 0.2) is 12.3 Å². The summed E-state index contributed by atoms with van der Waals surface area (Å²) in [4.78, 5) is 25.3. The second-order valence-corrected chi connectivity index (χ2v) is 5.51. The van der Waals surface area contributed by atoms with Crippen molar-refractivity contribution in [2.45, 2.75) is 32.2 Å². The van der Waals surface area contributed by atoms with Gasteiger partial charge in [0.05, 0.1) is 24.1 Å². The summed E-state index contributed by atoms with van der Waals surface area (Å²) in [6.07, 6.45) is 4.92. The topological polar surface area (TPSA) is 75.4 Å². The van der Waals surface area contributed by atoms with Crippen LogP contribution in [-0.2, 0) is 23.2 Å². The van der Waals surface area contributed by atoms with Gasteiger partial charge in [0.2, 0.25) is 5.91 Å². The highest BCUT2D eigenvalue weighted by molar-refractivity contribution is 5.84. The molecule has 1 saturated carbocycles. The SMILES string of the molecule is CN(Cc1ccn(C)n1)C(=O)[C@@H]1CCCC[C@H]1C(=O)O. The zero-order valence-electron chi connectivity index (χ0n) is 12.0. The van der Waals surface area contributed by atoms with E-state index in [0.717, 1.165) is 18.5 Å². The molecule has 1 aliphatic carbocycles. The van der Waals surface area contributed by atoms with E-state index in [1.807, 2.05) is 19.3 Å². The Morgan fingerprint density at radius 2 is 2.05 bits per heavy atom. The fourth-order valence-electron chi connectivity index (χ4n) is 2.87. The number of carboxylic acids is 1. The van der Waals surface area contributed by atoms with Gasteiger partial charge in [-0.05, 0) is 18.9 Å². The third-order valence-electron chi connectivity index (χ3n) is 3.94. The van der Waals surface area contributed by atoms with E-state index < -0.39 is 17.8 Å². The van der Waals surface area contributed by atoms with E-state index in [1.165, 1.54) is 0 Å². The quantitative estimate of drug-likeness (QED) is 0.900. The largest absolute Gasteiger partial charge is 0.481 e. The third kappa shape index (κ3) is 3.18. The fraction of sp³-hybridized carbons (Fsp3) is 0.643. The van der Waals surface area contributed by atoms with Gasteiger partial charge < -0.3 is 10.0 Å². The fourth-order valence-corrected chi connectivity index (χ4v) is 2.87. The summed E-state index contributed by atoms with van der Waals surface area (Å²) >= 11 is 0. The lowest BCUT2D eigenvalue weighted by atomic mass is 9.78. The van der Waals surface area contributed by atoms with Gasteiger partial charge in [0.25, 0.3) is 0 Å². The maximum atomic E-state index is 12.5. The van der Waals surface area contributed by atoms with Crippen LogP contribution in [0.5, 0.6) is 0 Å². The number of carbonyl (C=O) groups excluding carboxylic acids is 1. The Balaban J connectivity index is 2.02. The first kappa shape index (κ1) is 14.6. The summed E-state index contributed by atoms with van der Waals surface area (Å²) < 4.78 is 1.69. The molecule has 0 saturated heterocycles. The number of hydrogen-bond acceptors (Lipinski definition) is 3. The number of aliphatic carboxylic acids is 1. The van der Waals surface area contributed by atoms with Crippen molar-refractivity contribution in [2.75, 3.05) is 7.05 Å². The molecule has 1 aromatic heterocycles. The van der Waals surface area contributed by atoms with E-state index in [2.05, 4.69) is 5.10 Å². The Bertz CT molecular complexity index is 498. The van der Waals surface area contributed by atoms with Gasteiger partial charge in [-0.15, -0.1) is 0 Å². The van der Waals surface area contributed by atoms with Crippen molar-refractivity contribution in [1.29, 1.82) is 0 Å². The van der Waals surface area contributed by atoms with Crippen molar-refractivity contribution in [3.05, 3.63) is 18.0 Å². The minimum absolute atomic E-state index is 0.0808. The summed E-state index contributed by atoms with van der Waals surface area (Å²) in [7, 11) is 3.54. The predicted octanol–water partition coefficient (Wildman–Crippen LogP) is 1.27. The van der Waals surface area contributed by atoms with Gasteiger partial charge in [-0.3, -0.25) is 14.3 Å². The van der Waals surface area contributed by atoms with Gasteiger partial charge in [0, 0.05) is 20.3 Å². The normalized spacial score (nSPS) is 22.5. The molecule has 1 heterocycles. The van der Waals surface area contributed by atoms with Crippen LogP contribution in [0, 0.1) is 11.8 Å². The van der Waals surface area contributed by atoms with Gasteiger partial charge in [-0.25, -0.2) is 0 Å². The summed E-state index contributed by atoms with van der Waals surface area (Å²) in [6.45, 7) is 0.419. The number of carbonyl (C=O) groups is 2. The lowest BCUT2D eigenvalue weighted by Crippen LogP contribution is -2.40. The Morgan fingerprint density at radius 3 is 2.60 bits per heavy atom. The van der Waals surface area contributed by atoms with Crippen molar-refractivity contribution in [3.8, 4) is 0 Å². The van der Waals surface area contributed by atoms with Crippen LogP contribution >= 0.6 is 0 Å². The molecule has 1 aromatic rings. The van der Waals surface area contributed by atoms with Crippen molar-refractivity contribution in [2.24, 2.45) is 18.9 Å². The molecule has 0 radical (unpaired) electrons. The molecule has 1 aliphatic rings. The van der Waals surface area contributed by atoms with Gasteiger partial charge in [-0.2, -0.15) is 5.10 Å². The molecule has 2 atom stereocenters. The Morgan fingerprint density at radius 1 is 1.40 bits per heavy atom. The molecule has 0 unspecified atom stereocenters. The molecule has 0 bridgehead atoms. The zero-order chi connectivity index (χ0) is 14.7. The summed E-state index contributed by atoms with van der Waals surface area (Å²) in [5.74, 6) is -1.87. The highest BCUT2D eigenvalue weighted by atomic mass is 16.4. The Hall–Kier alpha value is -1.85. The van der Waals surface area contributed by atoms with Crippen LogP contribution < -0.4 is 0 Å². The molecule has 110 valence electrons. The molecule has 1 fully saturated rings. The van der Waals surface area contributed by atoms with Crippen LogP contribution in [0.25, 0.3) is 0 Å². The van der Waals surface area contributed by atoms with E-state index in [9.17, 15) is 14.7 Å². The second kappa shape index (κ2) is 6.07. The monoisotopic (exact) mass is 279 g/mol. The number of hydrogen-bond donors (Lipinski definition) is 1. The number of aryl methyl sites for hydroxylation is 1.